The average molecular weight is 328 g/mol. The van der Waals surface area contributed by atoms with Gasteiger partial charge in [-0.15, -0.1) is 11.3 Å². The van der Waals surface area contributed by atoms with Crippen LogP contribution in [0.2, 0.25) is 0 Å². The summed E-state index contributed by atoms with van der Waals surface area (Å²) < 4.78 is 0. The highest BCUT2D eigenvalue weighted by molar-refractivity contribution is 7.09. The van der Waals surface area contributed by atoms with E-state index in [2.05, 4.69) is 44.2 Å². The summed E-state index contributed by atoms with van der Waals surface area (Å²) >= 11 is 1.70. The predicted octanol–water partition coefficient (Wildman–Crippen LogP) is 2.85. The van der Waals surface area contributed by atoms with E-state index < -0.39 is 0 Å². The fourth-order valence-electron chi connectivity index (χ4n) is 2.97. The van der Waals surface area contributed by atoms with Crippen LogP contribution in [0.4, 0.5) is 0 Å². The van der Waals surface area contributed by atoms with Crippen molar-refractivity contribution >= 4 is 17.3 Å². The quantitative estimate of drug-likeness (QED) is 0.655. The minimum atomic E-state index is 0.808. The van der Waals surface area contributed by atoms with Crippen molar-refractivity contribution in [1.29, 1.82) is 0 Å². The number of nitrogens with zero attached hydrogens (tertiary/aromatic N) is 2. The summed E-state index contributed by atoms with van der Waals surface area (Å²) in [7, 11) is 1.81. The molecule has 0 bridgehead atoms. The molecule has 0 amide bonds. The minimum Gasteiger partial charge on any atom is -0.356 e. The van der Waals surface area contributed by atoms with E-state index in [0.29, 0.717) is 0 Å². The van der Waals surface area contributed by atoms with Gasteiger partial charge in [-0.25, -0.2) is 4.98 Å². The van der Waals surface area contributed by atoms with E-state index >= 15 is 0 Å². The van der Waals surface area contributed by atoms with E-state index in [1.54, 1.807) is 11.3 Å². The molecule has 0 fully saturated rings. The summed E-state index contributed by atoms with van der Waals surface area (Å²) in [6.45, 7) is 3.69. The van der Waals surface area contributed by atoms with Crippen molar-refractivity contribution in [3.05, 3.63) is 51.0 Å². The van der Waals surface area contributed by atoms with Gasteiger partial charge in [-0.1, -0.05) is 18.2 Å². The van der Waals surface area contributed by atoms with Gasteiger partial charge in [-0.3, -0.25) is 4.99 Å². The van der Waals surface area contributed by atoms with Crippen molar-refractivity contribution in [2.24, 2.45) is 4.99 Å². The first kappa shape index (κ1) is 16.0. The monoisotopic (exact) mass is 328 g/mol. The Bertz CT molecular complexity index is 690. The molecule has 2 aromatic rings. The molecule has 0 aliphatic heterocycles. The topological polar surface area (TPSA) is 49.3 Å². The molecule has 1 aromatic heterocycles. The first-order chi connectivity index (χ1) is 11.2. The zero-order chi connectivity index (χ0) is 16.1. The molecule has 1 heterocycles. The zero-order valence-corrected chi connectivity index (χ0v) is 14.7. The Morgan fingerprint density at radius 1 is 1.26 bits per heavy atom. The summed E-state index contributed by atoms with van der Waals surface area (Å²) in [5.41, 5.74) is 5.51. The number of aryl methyl sites for hydroxylation is 3. The third-order valence-electron chi connectivity index (χ3n) is 4.19. The molecule has 0 spiro atoms. The summed E-state index contributed by atoms with van der Waals surface area (Å²) in [5, 5.41) is 9.99. The van der Waals surface area contributed by atoms with Gasteiger partial charge >= 0.3 is 0 Å². The molecular formula is C18H24N4S. The lowest BCUT2D eigenvalue weighted by atomic mass is 10.1. The van der Waals surface area contributed by atoms with Crippen LogP contribution in [0.5, 0.6) is 0 Å². The third kappa shape index (κ3) is 4.32. The van der Waals surface area contributed by atoms with E-state index in [9.17, 15) is 0 Å². The Balaban J connectivity index is 1.46. The number of fused-ring (bicyclic) bond motifs is 1. The van der Waals surface area contributed by atoms with Gasteiger partial charge in [0.1, 0.15) is 0 Å². The summed E-state index contributed by atoms with van der Waals surface area (Å²) in [6, 6.07) is 6.84. The zero-order valence-electron chi connectivity index (χ0n) is 13.9. The van der Waals surface area contributed by atoms with Gasteiger partial charge in [0.2, 0.25) is 0 Å². The molecule has 1 aliphatic rings. The second kappa shape index (κ2) is 7.59. The molecule has 4 nitrogen and oxygen atoms in total. The van der Waals surface area contributed by atoms with Gasteiger partial charge in [0, 0.05) is 31.9 Å². The lowest BCUT2D eigenvalue weighted by molar-refractivity contribution is 0.785. The fourth-order valence-corrected chi connectivity index (χ4v) is 3.62. The second-order valence-electron chi connectivity index (χ2n) is 5.92. The average Bonchev–Trinajstić information content (AvgIpc) is 3.18. The van der Waals surface area contributed by atoms with E-state index in [1.807, 2.05) is 14.0 Å². The van der Waals surface area contributed by atoms with Crippen molar-refractivity contribution in [2.75, 3.05) is 13.6 Å². The standard InChI is InChI=1S/C18H24N4S/c1-13-22-17(12-23-13)8-9-20-18(19-2)21-11-14-6-7-15-4-3-5-16(15)10-14/h6-7,10,12H,3-5,8-9,11H2,1-2H3,(H2,19,20,21). The lowest BCUT2D eigenvalue weighted by Gasteiger charge is -2.12. The highest BCUT2D eigenvalue weighted by atomic mass is 32.1. The molecular weight excluding hydrogens is 304 g/mol. The summed E-state index contributed by atoms with van der Waals surface area (Å²) in [4.78, 5) is 8.77. The number of hydrogen-bond donors (Lipinski definition) is 2. The number of nitrogens with one attached hydrogen (secondary N) is 2. The van der Waals surface area contributed by atoms with Crippen LogP contribution in [0.15, 0.2) is 28.6 Å². The Kier molecular flexibility index (Phi) is 5.28. The third-order valence-corrected chi connectivity index (χ3v) is 5.01. The van der Waals surface area contributed by atoms with Crippen molar-refractivity contribution in [1.82, 2.24) is 15.6 Å². The first-order valence-corrected chi connectivity index (χ1v) is 9.09. The molecule has 0 saturated carbocycles. The normalized spacial score (nSPS) is 13.9. The molecule has 3 rings (SSSR count). The highest BCUT2D eigenvalue weighted by Crippen LogP contribution is 2.22. The fraction of sp³-hybridized carbons (Fsp3) is 0.444. The number of guanidine groups is 1. The molecule has 2 N–H and O–H groups in total. The van der Waals surface area contributed by atoms with Crippen LogP contribution in [0, 0.1) is 6.92 Å². The van der Waals surface area contributed by atoms with Gasteiger partial charge in [0.15, 0.2) is 5.96 Å². The van der Waals surface area contributed by atoms with Crippen LogP contribution in [-0.4, -0.2) is 24.5 Å². The predicted molar refractivity (Wildman–Crippen MR) is 97.2 cm³/mol. The number of benzene rings is 1. The van der Waals surface area contributed by atoms with E-state index in [4.69, 9.17) is 0 Å². The van der Waals surface area contributed by atoms with Crippen LogP contribution in [0.3, 0.4) is 0 Å². The Hall–Kier alpha value is -1.88. The van der Waals surface area contributed by atoms with E-state index in [0.717, 1.165) is 36.2 Å². The number of hydrogen-bond acceptors (Lipinski definition) is 3. The lowest BCUT2D eigenvalue weighted by Crippen LogP contribution is -2.37. The molecule has 5 heteroatoms. The highest BCUT2D eigenvalue weighted by Gasteiger charge is 2.10. The van der Waals surface area contributed by atoms with Crippen LogP contribution < -0.4 is 10.6 Å². The largest absolute Gasteiger partial charge is 0.356 e. The summed E-state index contributed by atoms with van der Waals surface area (Å²) in [6.07, 6.45) is 4.68. The number of thiazole rings is 1. The Morgan fingerprint density at radius 2 is 2.13 bits per heavy atom. The van der Waals surface area contributed by atoms with E-state index in [1.165, 1.54) is 36.0 Å². The van der Waals surface area contributed by atoms with Crippen LogP contribution in [0.25, 0.3) is 0 Å². The molecule has 0 saturated heterocycles. The van der Waals surface area contributed by atoms with Crippen molar-refractivity contribution in [3.63, 3.8) is 0 Å². The van der Waals surface area contributed by atoms with Gasteiger partial charge in [0.25, 0.3) is 0 Å². The molecule has 0 radical (unpaired) electrons. The van der Waals surface area contributed by atoms with E-state index in [-0.39, 0.29) is 0 Å². The minimum absolute atomic E-state index is 0.808. The molecule has 23 heavy (non-hydrogen) atoms. The van der Waals surface area contributed by atoms with Crippen LogP contribution in [-0.2, 0) is 25.8 Å². The maximum atomic E-state index is 4.48. The maximum absolute atomic E-state index is 4.48. The van der Waals surface area contributed by atoms with Gasteiger partial charge < -0.3 is 10.6 Å². The van der Waals surface area contributed by atoms with Gasteiger partial charge in [-0.05, 0) is 42.9 Å². The molecule has 122 valence electrons. The first-order valence-electron chi connectivity index (χ1n) is 8.21. The maximum Gasteiger partial charge on any atom is 0.191 e. The van der Waals surface area contributed by atoms with Crippen molar-refractivity contribution < 1.29 is 0 Å². The number of aromatic nitrogens is 1. The second-order valence-corrected chi connectivity index (χ2v) is 6.98. The molecule has 0 unspecified atom stereocenters. The molecule has 0 atom stereocenters. The Labute approximate surface area is 142 Å². The van der Waals surface area contributed by atoms with Gasteiger partial charge in [0.05, 0.1) is 10.7 Å². The molecule has 1 aromatic carbocycles. The van der Waals surface area contributed by atoms with Crippen molar-refractivity contribution in [3.8, 4) is 0 Å². The van der Waals surface area contributed by atoms with Crippen LogP contribution in [0.1, 0.15) is 33.8 Å². The number of rotatable bonds is 5. The smallest absolute Gasteiger partial charge is 0.191 e. The SMILES string of the molecule is CN=C(NCCc1csc(C)n1)NCc1ccc2c(c1)CCC2. The Morgan fingerprint density at radius 3 is 2.91 bits per heavy atom. The van der Waals surface area contributed by atoms with Crippen molar-refractivity contribution in [2.45, 2.75) is 39.2 Å². The number of aliphatic imine (C=N–C) groups is 1. The molecule has 1 aliphatic carbocycles. The van der Waals surface area contributed by atoms with Crippen LogP contribution >= 0.6 is 11.3 Å². The van der Waals surface area contributed by atoms with Gasteiger partial charge in [-0.2, -0.15) is 0 Å². The summed E-state index contributed by atoms with van der Waals surface area (Å²) in [5.74, 6) is 0.845.